The SMILES string of the molecule is O=C(c1ccc(CO)o1)N1CCC2(CC1)OCCc1cn(-c3ccccc3)nc12. The number of para-hydroxylation sites is 1. The number of likely N-dealkylation sites (tertiary alicyclic amines) is 1. The molecule has 0 saturated carbocycles. The maximum absolute atomic E-state index is 12.7. The smallest absolute Gasteiger partial charge is 0.289 e. The number of ether oxygens (including phenoxy) is 1. The van der Waals surface area contributed by atoms with Gasteiger partial charge in [0.1, 0.15) is 18.0 Å². The number of benzene rings is 1. The van der Waals surface area contributed by atoms with Gasteiger partial charge in [0.2, 0.25) is 0 Å². The van der Waals surface area contributed by atoms with Gasteiger partial charge in [-0.3, -0.25) is 4.79 Å². The predicted octanol–water partition coefficient (Wildman–Crippen LogP) is 2.66. The van der Waals surface area contributed by atoms with Gasteiger partial charge in [-0.2, -0.15) is 5.10 Å². The molecule has 0 unspecified atom stereocenters. The van der Waals surface area contributed by atoms with Crippen molar-refractivity contribution in [2.75, 3.05) is 19.7 Å². The first-order chi connectivity index (χ1) is 14.2. The van der Waals surface area contributed by atoms with Crippen LogP contribution in [0.4, 0.5) is 0 Å². The van der Waals surface area contributed by atoms with Gasteiger partial charge in [-0.25, -0.2) is 4.68 Å². The van der Waals surface area contributed by atoms with Crippen LogP contribution in [0, 0.1) is 0 Å². The Hall–Kier alpha value is -2.90. The molecule has 3 aromatic rings. The molecule has 2 aliphatic heterocycles. The number of hydrogen-bond donors (Lipinski definition) is 1. The molecule has 1 saturated heterocycles. The number of furan rings is 1. The van der Waals surface area contributed by atoms with E-state index in [0.717, 1.165) is 17.8 Å². The summed E-state index contributed by atoms with van der Waals surface area (Å²) < 4.78 is 13.6. The minimum absolute atomic E-state index is 0.148. The van der Waals surface area contributed by atoms with Crippen molar-refractivity contribution in [2.45, 2.75) is 31.5 Å². The Balaban J connectivity index is 1.36. The number of rotatable bonds is 3. The predicted molar refractivity (Wildman–Crippen MR) is 105 cm³/mol. The van der Waals surface area contributed by atoms with Gasteiger partial charge < -0.3 is 19.2 Å². The third-order valence-corrected chi connectivity index (χ3v) is 5.88. The molecule has 150 valence electrons. The van der Waals surface area contributed by atoms with Crippen molar-refractivity contribution in [1.29, 1.82) is 0 Å². The highest BCUT2D eigenvalue weighted by Gasteiger charge is 2.44. The maximum Gasteiger partial charge on any atom is 0.289 e. The van der Waals surface area contributed by atoms with E-state index in [1.807, 2.05) is 35.0 Å². The van der Waals surface area contributed by atoms with Crippen LogP contribution < -0.4 is 0 Å². The van der Waals surface area contributed by atoms with E-state index >= 15 is 0 Å². The number of carbonyl (C=O) groups excluding carboxylic acids is 1. The first-order valence-electron chi connectivity index (χ1n) is 9.96. The standard InChI is InChI=1S/C22H23N3O4/c26-15-18-6-7-19(29-18)21(27)24-11-9-22(10-12-24)20-16(8-13-28-22)14-25(23-20)17-4-2-1-3-5-17/h1-7,14,26H,8-13,15H2. The summed E-state index contributed by atoms with van der Waals surface area (Å²) in [6, 6.07) is 13.3. The molecule has 1 fully saturated rings. The molecular formula is C22H23N3O4. The number of aliphatic hydroxyl groups is 1. The van der Waals surface area contributed by atoms with Crippen molar-refractivity contribution in [3.8, 4) is 5.69 Å². The highest BCUT2D eigenvalue weighted by atomic mass is 16.5. The Kier molecular flexibility index (Phi) is 4.49. The lowest BCUT2D eigenvalue weighted by molar-refractivity contribution is -0.0965. The zero-order valence-corrected chi connectivity index (χ0v) is 16.1. The van der Waals surface area contributed by atoms with Crippen molar-refractivity contribution in [3.05, 3.63) is 71.4 Å². The lowest BCUT2D eigenvalue weighted by Crippen LogP contribution is -2.48. The van der Waals surface area contributed by atoms with Gasteiger partial charge >= 0.3 is 0 Å². The zero-order valence-electron chi connectivity index (χ0n) is 16.1. The molecule has 0 bridgehead atoms. The van der Waals surface area contributed by atoms with Crippen LogP contribution in [0.2, 0.25) is 0 Å². The van der Waals surface area contributed by atoms with Crippen molar-refractivity contribution < 1.29 is 19.1 Å². The number of hydrogen-bond acceptors (Lipinski definition) is 5. The molecule has 7 heteroatoms. The van der Waals surface area contributed by atoms with E-state index < -0.39 is 5.60 Å². The summed E-state index contributed by atoms with van der Waals surface area (Å²) in [4.78, 5) is 14.5. The van der Waals surface area contributed by atoms with Crippen LogP contribution in [-0.2, 0) is 23.4 Å². The molecule has 7 nitrogen and oxygen atoms in total. The van der Waals surface area contributed by atoms with E-state index in [1.54, 1.807) is 17.0 Å². The van der Waals surface area contributed by atoms with Crippen LogP contribution >= 0.6 is 0 Å². The van der Waals surface area contributed by atoms with Crippen molar-refractivity contribution in [1.82, 2.24) is 14.7 Å². The third-order valence-electron chi connectivity index (χ3n) is 5.88. The van der Waals surface area contributed by atoms with Gasteiger partial charge in [0.05, 0.1) is 18.0 Å². The number of amides is 1. The molecule has 1 aromatic carbocycles. The molecule has 5 rings (SSSR count). The minimum Gasteiger partial charge on any atom is -0.453 e. The average molecular weight is 393 g/mol. The Morgan fingerprint density at radius 2 is 1.93 bits per heavy atom. The molecule has 0 radical (unpaired) electrons. The summed E-state index contributed by atoms with van der Waals surface area (Å²) in [7, 11) is 0. The van der Waals surface area contributed by atoms with Crippen LogP contribution in [0.15, 0.2) is 53.1 Å². The molecule has 2 aliphatic rings. The third kappa shape index (κ3) is 3.16. The van der Waals surface area contributed by atoms with E-state index in [-0.39, 0.29) is 18.3 Å². The monoisotopic (exact) mass is 393 g/mol. The van der Waals surface area contributed by atoms with Gasteiger partial charge in [0.25, 0.3) is 5.91 Å². The zero-order chi connectivity index (χ0) is 19.8. The molecule has 0 atom stereocenters. The molecule has 2 aromatic heterocycles. The van der Waals surface area contributed by atoms with Crippen LogP contribution in [0.3, 0.4) is 0 Å². The first-order valence-corrected chi connectivity index (χ1v) is 9.96. The van der Waals surface area contributed by atoms with Gasteiger partial charge in [0.15, 0.2) is 5.76 Å². The van der Waals surface area contributed by atoms with E-state index in [2.05, 4.69) is 6.20 Å². The highest BCUT2D eigenvalue weighted by Crippen LogP contribution is 2.41. The number of aliphatic hydroxyl groups excluding tert-OH is 1. The fourth-order valence-electron chi connectivity index (χ4n) is 4.30. The van der Waals surface area contributed by atoms with Gasteiger partial charge in [-0.1, -0.05) is 18.2 Å². The summed E-state index contributed by atoms with van der Waals surface area (Å²) in [6.45, 7) is 1.60. The molecule has 1 spiro atoms. The summed E-state index contributed by atoms with van der Waals surface area (Å²) in [5, 5.41) is 14.0. The number of fused-ring (bicyclic) bond motifs is 2. The molecule has 0 aliphatic carbocycles. The van der Waals surface area contributed by atoms with Gasteiger partial charge in [0, 0.05) is 19.3 Å². The Labute approximate surface area is 168 Å². The summed E-state index contributed by atoms with van der Waals surface area (Å²) >= 11 is 0. The Bertz CT molecular complexity index is 1020. The Morgan fingerprint density at radius 1 is 1.14 bits per heavy atom. The number of aromatic nitrogens is 2. The van der Waals surface area contributed by atoms with Crippen LogP contribution in [-0.4, -0.2) is 45.4 Å². The van der Waals surface area contributed by atoms with Crippen LogP contribution in [0.5, 0.6) is 0 Å². The fourth-order valence-corrected chi connectivity index (χ4v) is 4.30. The maximum atomic E-state index is 12.7. The fraction of sp³-hybridized carbons (Fsp3) is 0.364. The van der Waals surface area contributed by atoms with Crippen molar-refractivity contribution in [2.24, 2.45) is 0 Å². The molecular weight excluding hydrogens is 370 g/mol. The van der Waals surface area contributed by atoms with Gasteiger partial charge in [-0.05, 0) is 49.1 Å². The van der Waals surface area contributed by atoms with Crippen molar-refractivity contribution >= 4 is 5.91 Å². The first kappa shape index (κ1) is 18.1. The summed E-state index contributed by atoms with van der Waals surface area (Å²) in [5.74, 6) is 0.516. The average Bonchev–Trinajstić information content (AvgIpc) is 3.43. The molecule has 1 N–H and O–H groups in total. The largest absolute Gasteiger partial charge is 0.453 e. The van der Waals surface area contributed by atoms with Crippen molar-refractivity contribution in [3.63, 3.8) is 0 Å². The minimum atomic E-state index is -0.441. The topological polar surface area (TPSA) is 80.7 Å². The van der Waals surface area contributed by atoms with E-state index in [1.165, 1.54) is 5.56 Å². The van der Waals surface area contributed by atoms with Gasteiger partial charge in [-0.15, -0.1) is 0 Å². The molecule has 29 heavy (non-hydrogen) atoms. The number of piperidine rings is 1. The lowest BCUT2D eigenvalue weighted by atomic mass is 9.83. The van der Waals surface area contributed by atoms with E-state index in [4.69, 9.17) is 19.4 Å². The van der Waals surface area contributed by atoms with Crippen LogP contribution in [0.1, 0.15) is 40.4 Å². The highest BCUT2D eigenvalue weighted by molar-refractivity contribution is 5.91. The summed E-state index contributed by atoms with van der Waals surface area (Å²) in [5.41, 5.74) is 2.81. The Morgan fingerprint density at radius 3 is 2.66 bits per heavy atom. The summed E-state index contributed by atoms with van der Waals surface area (Å²) in [6.07, 6.45) is 4.35. The van der Waals surface area contributed by atoms with Crippen LogP contribution in [0.25, 0.3) is 5.69 Å². The second kappa shape index (κ2) is 7.17. The number of nitrogens with zero attached hydrogens (tertiary/aromatic N) is 3. The normalized spacial score (nSPS) is 18.0. The van der Waals surface area contributed by atoms with E-state index in [0.29, 0.717) is 38.3 Å². The van der Waals surface area contributed by atoms with E-state index in [9.17, 15) is 4.79 Å². The second-order valence-corrected chi connectivity index (χ2v) is 7.59. The quantitative estimate of drug-likeness (QED) is 0.740. The molecule has 1 amide bonds. The second-order valence-electron chi connectivity index (χ2n) is 7.59. The number of carbonyl (C=O) groups is 1. The lowest BCUT2D eigenvalue weighted by Gasteiger charge is -2.42. The molecule has 4 heterocycles.